The molecule has 4 heteroatoms. The maximum atomic E-state index is 9.91. The third-order valence-corrected chi connectivity index (χ3v) is 18.7. The molecule has 4 nitrogen and oxygen atoms in total. The highest BCUT2D eigenvalue weighted by atomic mass is 15.2. The van der Waals surface area contributed by atoms with Crippen LogP contribution >= 0.6 is 0 Å². The molecule has 20 aromatic carbocycles. The molecule has 0 radical (unpaired) electrons. The van der Waals surface area contributed by atoms with Crippen molar-refractivity contribution >= 4 is 99.3 Å². The molecular weight excluding hydrogens is 1450 g/mol. The summed E-state index contributed by atoms with van der Waals surface area (Å²) < 4.78 is 601. The fourth-order valence-corrected chi connectivity index (χ4v) is 13.3. The maximum absolute atomic E-state index is 9.91. The van der Waals surface area contributed by atoms with E-state index in [2.05, 4.69) is 0 Å². The van der Waals surface area contributed by atoms with Crippen LogP contribution in [-0.4, -0.2) is 9.13 Å². The molecule has 0 saturated carbocycles. The second-order valence-corrected chi connectivity index (χ2v) is 25.6. The van der Waals surface area contributed by atoms with Gasteiger partial charge in [-0.2, -0.15) is 0 Å². The highest BCUT2D eigenvalue weighted by Crippen LogP contribution is 2.46. The second kappa shape index (κ2) is 31.7. The first-order valence-electron chi connectivity index (χ1n) is 68.8. The number of rotatable bonds is 16. The van der Waals surface area contributed by atoms with Gasteiger partial charge in [0.2, 0.25) is 0 Å². The summed E-state index contributed by atoms with van der Waals surface area (Å²) in [5.74, 6) is 0. The van der Waals surface area contributed by atoms with Crippen LogP contribution in [0.25, 0.3) is 166 Å². The zero-order chi connectivity index (χ0) is 137. The average Bonchev–Trinajstić information content (AvgIpc) is 1.52. The predicted molar refractivity (Wildman–Crippen MR) is 509 cm³/mol. The summed E-state index contributed by atoms with van der Waals surface area (Å²) in [5, 5.41) is 0.559. The number of hydrogen-bond donors (Lipinski definition) is 0. The van der Waals surface area contributed by atoms with Crippen LogP contribution in [0.3, 0.4) is 0 Å². The summed E-state index contributed by atoms with van der Waals surface area (Å²) in [6.07, 6.45) is 0. The first kappa shape index (κ1) is 30.6. The van der Waals surface area contributed by atoms with Gasteiger partial charge in [-0.05, 0) is 220 Å². The normalized spacial score (nSPS) is 19.0. The van der Waals surface area contributed by atoms with Crippen molar-refractivity contribution in [2.75, 3.05) is 9.80 Å². The standard InChI is InChI=1S/2C58H40N2/c2*1-3-13-41(14-4-1)43-23-25-44(26-24-43)45-27-33-50(34-28-45)59(56-21-11-9-19-53(56)47-16-5-2-6-17-47)51-35-29-46(30-36-51)49-32-38-58-55(40-49)54-20-10-12-22-57(54)60(58)52-37-31-42-15-7-8-18-48(42)39-52/h2*1-40H/i1D,2D,3D,4D,5D,6D,7D,8D,9D,10D,11D,12D,13D,14D,15D,16D,17D,18D,19D,20D,21D,22D,23D,24D,25D,26D,27D,28D,29D,30D,31D,32D,33D,34D,35D,36D,37D,38D,39D,40D;1D,2D,3D,4D,5D,6D,9D,11D,13D,14D,16D,17D,19D,21D,23D,24D,25D,26D,27D,28D,29D,30D,33D,34D,35D,36D. The van der Waals surface area contributed by atoms with E-state index in [1.165, 1.54) is 0 Å². The minimum Gasteiger partial charge on any atom is -0.310 e. The fourth-order valence-electron chi connectivity index (χ4n) is 13.3. The van der Waals surface area contributed by atoms with Gasteiger partial charge in [-0.1, -0.05) is 363 Å². The minimum atomic E-state index is -1.48. The number of anilines is 6. The van der Waals surface area contributed by atoms with E-state index in [1.54, 1.807) is 18.2 Å². The van der Waals surface area contributed by atoms with Crippen LogP contribution < -0.4 is 9.80 Å². The molecule has 2 aromatic heterocycles. The summed E-state index contributed by atoms with van der Waals surface area (Å²) in [6.45, 7) is 0. The molecule has 0 saturated heterocycles. The molecule has 0 N–H and O–H groups in total. The van der Waals surface area contributed by atoms with E-state index in [1.807, 2.05) is 71.3 Å². The quantitative estimate of drug-likeness (QED) is 0.0959. The van der Waals surface area contributed by atoms with Gasteiger partial charge in [-0.3, -0.25) is 0 Å². The van der Waals surface area contributed by atoms with E-state index < -0.39 is 549 Å². The second-order valence-electron chi connectivity index (χ2n) is 25.6. The van der Waals surface area contributed by atoms with Gasteiger partial charge in [0.1, 0.15) is 0 Å². The van der Waals surface area contributed by atoms with Crippen molar-refractivity contribution in [2.45, 2.75) is 0 Å². The highest BCUT2D eigenvalue weighted by molar-refractivity contribution is 6.12. The third-order valence-electron chi connectivity index (χ3n) is 18.7. The van der Waals surface area contributed by atoms with Gasteiger partial charge in [0, 0.05) is 66.8 Å². The van der Waals surface area contributed by atoms with Crippen molar-refractivity contribution in [1.29, 1.82) is 0 Å². The molecule has 22 rings (SSSR count). The highest BCUT2D eigenvalue weighted by Gasteiger charge is 2.23. The van der Waals surface area contributed by atoms with Crippen LogP contribution in [-0.2, 0) is 0 Å². The van der Waals surface area contributed by atoms with Crippen LogP contribution in [0.4, 0.5) is 34.1 Å². The van der Waals surface area contributed by atoms with Crippen molar-refractivity contribution in [1.82, 2.24) is 9.13 Å². The van der Waals surface area contributed by atoms with Gasteiger partial charge in [0.15, 0.2) is 0 Å². The smallest absolute Gasteiger partial charge is 0.0651 e. The van der Waals surface area contributed by atoms with Gasteiger partial charge in [-0.15, -0.1) is 0 Å². The Bertz CT molecular complexity index is 11500. The predicted octanol–water partition coefficient (Wildman–Crippen LogP) is 32.1. The van der Waals surface area contributed by atoms with Crippen molar-refractivity contribution in [3.05, 3.63) is 484 Å². The van der Waals surface area contributed by atoms with Crippen molar-refractivity contribution in [2.24, 2.45) is 0 Å². The van der Waals surface area contributed by atoms with E-state index in [0.29, 0.717) is 20.4 Å². The Morgan fingerprint density at radius 3 is 1.10 bits per heavy atom. The van der Waals surface area contributed by atoms with Gasteiger partial charge in [-0.25, -0.2) is 0 Å². The molecule has 22 aromatic rings. The van der Waals surface area contributed by atoms with Crippen LogP contribution in [0.1, 0.15) is 90.5 Å². The number of fused-ring (bicyclic) bond motifs is 8. The van der Waals surface area contributed by atoms with Crippen molar-refractivity contribution in [3.63, 3.8) is 0 Å². The topological polar surface area (TPSA) is 16.3 Å². The summed E-state index contributed by atoms with van der Waals surface area (Å²) in [4.78, 5) is 0.646. The summed E-state index contributed by atoms with van der Waals surface area (Å²) in [6, 6.07) is -45.6. The summed E-state index contributed by atoms with van der Waals surface area (Å²) >= 11 is 0. The Labute approximate surface area is 791 Å². The molecular formula is C116H80N4. The van der Waals surface area contributed by atoms with Gasteiger partial charge in [0.25, 0.3) is 0 Å². The average molecular weight is 1600 g/mol. The molecule has 564 valence electrons. The van der Waals surface area contributed by atoms with E-state index in [9.17, 15) is 37.0 Å². The lowest BCUT2D eigenvalue weighted by atomic mass is 9.99. The Hall–Kier alpha value is -15.9. The number of aromatic nitrogens is 2. The Morgan fingerprint density at radius 1 is 0.183 bits per heavy atom. The fraction of sp³-hybridized carbons (Fsp3) is 0. The lowest BCUT2D eigenvalue weighted by Crippen LogP contribution is -2.11. The van der Waals surface area contributed by atoms with Crippen LogP contribution in [0.5, 0.6) is 0 Å². The number of nitrogens with zero attached hydrogens (tertiary/aromatic N) is 4. The molecule has 0 fully saturated rings. The largest absolute Gasteiger partial charge is 0.310 e. The molecule has 120 heavy (non-hydrogen) atoms. The first-order chi connectivity index (χ1) is 87.0. The lowest BCUT2D eigenvalue weighted by molar-refractivity contribution is 1.19. The molecule has 0 aliphatic heterocycles. The minimum absolute atomic E-state index is 0.154. The van der Waals surface area contributed by atoms with E-state index in [0.717, 1.165) is 27.4 Å². The molecule has 0 bridgehead atoms. The molecule has 0 atom stereocenters. The Morgan fingerprint density at radius 2 is 0.567 bits per heavy atom. The molecule has 0 aliphatic carbocycles. The zero-order valence-corrected chi connectivity index (χ0v) is 60.9. The van der Waals surface area contributed by atoms with Crippen LogP contribution in [0, 0.1) is 0 Å². The number of para-hydroxylation sites is 4. The van der Waals surface area contributed by atoms with Gasteiger partial charge in [0.05, 0.1) is 124 Å². The van der Waals surface area contributed by atoms with Crippen LogP contribution in [0.2, 0.25) is 0 Å². The summed E-state index contributed by atoms with van der Waals surface area (Å²) in [5.41, 5.74) is -20.7. The summed E-state index contributed by atoms with van der Waals surface area (Å²) in [7, 11) is 0. The van der Waals surface area contributed by atoms with Crippen LogP contribution in [0.15, 0.2) is 484 Å². The zero-order valence-electron chi connectivity index (χ0n) is 127. The van der Waals surface area contributed by atoms with Crippen molar-refractivity contribution in [3.8, 4) is 100 Å². The van der Waals surface area contributed by atoms with Gasteiger partial charge < -0.3 is 18.9 Å². The third kappa shape index (κ3) is 13.9. The van der Waals surface area contributed by atoms with Gasteiger partial charge >= 0.3 is 0 Å². The maximum Gasteiger partial charge on any atom is 0.0651 e. The van der Waals surface area contributed by atoms with E-state index in [-0.39, 0.29) is 16.0 Å². The Kier molecular flexibility index (Phi) is 8.10. The number of benzene rings is 20. The molecule has 0 aliphatic rings. The SMILES string of the molecule is [2H]c1c([2H])c([2H])c(-c2c([2H])c([2H])c(-c3c([2H])c([2H])c(N(c4c([2H])c([2H])c(-c5c([2H])c([2H])c6c(c5[2H])c5c([2H])c([2H])c([2H])c([2H])c5n6-c5c([2H])c([2H])c6c([2H])c([2H])c([2H])c([2H])c6c5[2H])c([2H])c4[2H])c4c([2H])c([2H])c([2H])c([2H])c4-c4c([2H])c([2H])c([2H])c([2H])c4[2H])c([2H])c3[2H])c([2H])c2[2H])c([2H])c1[2H].[2H]c1c([2H])c([2H])c(-c2c([2H])c([2H])c(-c3c([2H])c([2H])c(N(c4c([2H])c([2H])c(-c5ccc6c(c5)c5ccccc5n6-c5ccc6ccccc6c5)c([2H])c4[2H])c4c([2H])c([2H])c([2H])c([2H])c4-c4c([2H])c([2H])c([2H])c([2H])c4[2H])c([2H])c3[2H])c([2H])c2[2H])c([2H])c1[2H]. The first-order valence-corrected chi connectivity index (χ1v) is 35.8. The molecule has 2 heterocycles. The lowest BCUT2D eigenvalue weighted by Gasteiger charge is -2.28. The molecule has 0 amide bonds. The monoisotopic (exact) mass is 1600 g/mol. The van der Waals surface area contributed by atoms with E-state index >= 15 is 0 Å². The molecule has 0 spiro atoms. The number of hydrogen-bond acceptors (Lipinski definition) is 2. The molecule has 0 unspecified atom stereocenters. The van der Waals surface area contributed by atoms with Crippen molar-refractivity contribution < 1.29 is 90.5 Å². The Balaban J connectivity index is 0.000000210. The van der Waals surface area contributed by atoms with E-state index in [4.69, 9.17) is 53.5 Å².